The summed E-state index contributed by atoms with van der Waals surface area (Å²) in [5.41, 5.74) is 8.88. The second-order valence-corrected chi connectivity index (χ2v) is 5.72. The van der Waals surface area contributed by atoms with Crippen molar-refractivity contribution in [2.24, 2.45) is 11.7 Å². The molecule has 0 aromatic heterocycles. The van der Waals surface area contributed by atoms with E-state index in [1.165, 1.54) is 31.5 Å². The molecule has 2 aliphatic heterocycles. The lowest BCUT2D eigenvalue weighted by Gasteiger charge is -2.29. The molecule has 2 fully saturated rings. The van der Waals surface area contributed by atoms with E-state index in [-0.39, 0.29) is 5.91 Å². The molecule has 18 heavy (non-hydrogen) atoms. The van der Waals surface area contributed by atoms with Crippen LogP contribution in [0.25, 0.3) is 0 Å². The van der Waals surface area contributed by atoms with Crippen LogP contribution in [0.5, 0.6) is 0 Å². The van der Waals surface area contributed by atoms with E-state index in [2.05, 4.69) is 22.3 Å². The number of nitrogens with two attached hydrogens (primary N) is 1. The number of anilines is 2. The fourth-order valence-corrected chi connectivity index (χ4v) is 3.70. The molecule has 0 spiro atoms. The van der Waals surface area contributed by atoms with Crippen molar-refractivity contribution >= 4 is 17.3 Å². The second kappa shape index (κ2) is 3.48. The number of amides is 1. The van der Waals surface area contributed by atoms with Crippen molar-refractivity contribution in [2.45, 2.75) is 31.3 Å². The molecule has 94 valence electrons. The Labute approximate surface area is 106 Å². The SMILES string of the molecule is NC1C(=O)Nc2cc(N3CC4CCC3C4)ccc21. The third-order valence-electron chi connectivity index (χ3n) is 4.65. The molecular formula is C14H17N3O. The number of hydrogen-bond donors (Lipinski definition) is 2. The Balaban J connectivity index is 1.68. The molecule has 1 amide bonds. The zero-order valence-corrected chi connectivity index (χ0v) is 10.2. The van der Waals surface area contributed by atoms with Crippen molar-refractivity contribution < 1.29 is 4.79 Å². The Morgan fingerprint density at radius 2 is 2.22 bits per heavy atom. The molecule has 4 heteroatoms. The first-order valence-electron chi connectivity index (χ1n) is 6.69. The summed E-state index contributed by atoms with van der Waals surface area (Å²) in [7, 11) is 0. The predicted molar refractivity (Wildman–Crippen MR) is 70.5 cm³/mol. The molecule has 3 atom stereocenters. The van der Waals surface area contributed by atoms with E-state index in [1.54, 1.807) is 0 Å². The minimum absolute atomic E-state index is 0.0925. The number of fused-ring (bicyclic) bond motifs is 3. The van der Waals surface area contributed by atoms with Crippen LogP contribution in [0.15, 0.2) is 18.2 Å². The van der Waals surface area contributed by atoms with Crippen LogP contribution in [-0.2, 0) is 4.79 Å². The van der Waals surface area contributed by atoms with Crippen molar-refractivity contribution in [1.29, 1.82) is 0 Å². The number of piperidine rings is 1. The summed E-state index contributed by atoms with van der Waals surface area (Å²) in [5.74, 6) is 0.783. The maximum atomic E-state index is 11.5. The van der Waals surface area contributed by atoms with Gasteiger partial charge < -0.3 is 16.0 Å². The monoisotopic (exact) mass is 243 g/mol. The van der Waals surface area contributed by atoms with Gasteiger partial charge in [-0.2, -0.15) is 0 Å². The molecule has 1 aromatic carbocycles. The zero-order chi connectivity index (χ0) is 12.3. The first-order valence-corrected chi connectivity index (χ1v) is 6.69. The van der Waals surface area contributed by atoms with E-state index in [0.717, 1.165) is 17.2 Å². The van der Waals surface area contributed by atoms with Gasteiger partial charge in [0.25, 0.3) is 0 Å². The standard InChI is InChI=1S/C14H17N3O/c15-13-11-4-3-10(6-12(11)16-14(13)18)17-7-8-1-2-9(17)5-8/h3-4,6,8-9,13H,1-2,5,7,15H2,(H,16,18). The maximum Gasteiger partial charge on any atom is 0.245 e. The van der Waals surface area contributed by atoms with Crippen molar-refractivity contribution in [3.63, 3.8) is 0 Å². The number of nitrogens with one attached hydrogen (secondary N) is 1. The number of benzene rings is 1. The van der Waals surface area contributed by atoms with Gasteiger partial charge in [-0.15, -0.1) is 0 Å². The van der Waals surface area contributed by atoms with Gasteiger partial charge in [0.05, 0.1) is 0 Å². The fraction of sp³-hybridized carbons (Fsp3) is 0.500. The lowest BCUT2D eigenvalue weighted by Crippen LogP contribution is -2.31. The maximum absolute atomic E-state index is 11.5. The zero-order valence-electron chi connectivity index (χ0n) is 10.2. The van der Waals surface area contributed by atoms with Crippen LogP contribution in [0.2, 0.25) is 0 Å². The molecule has 4 rings (SSSR count). The normalized spacial score (nSPS) is 32.8. The topological polar surface area (TPSA) is 58.4 Å². The van der Waals surface area contributed by atoms with Gasteiger partial charge in [-0.3, -0.25) is 4.79 Å². The van der Waals surface area contributed by atoms with E-state index in [4.69, 9.17) is 5.73 Å². The smallest absolute Gasteiger partial charge is 0.245 e. The van der Waals surface area contributed by atoms with Crippen molar-refractivity contribution in [3.8, 4) is 0 Å². The summed E-state index contributed by atoms with van der Waals surface area (Å²) in [5, 5.41) is 2.86. The summed E-state index contributed by atoms with van der Waals surface area (Å²) < 4.78 is 0. The molecule has 1 aliphatic carbocycles. The summed E-state index contributed by atoms with van der Waals surface area (Å²) in [6, 6.07) is 6.41. The number of carbonyl (C=O) groups is 1. The van der Waals surface area contributed by atoms with Crippen LogP contribution >= 0.6 is 0 Å². The van der Waals surface area contributed by atoms with Crippen LogP contribution in [-0.4, -0.2) is 18.5 Å². The van der Waals surface area contributed by atoms with Gasteiger partial charge in [-0.25, -0.2) is 0 Å². The average Bonchev–Trinajstić information content (AvgIpc) is 3.05. The highest BCUT2D eigenvalue weighted by molar-refractivity contribution is 6.03. The Morgan fingerprint density at radius 3 is 2.94 bits per heavy atom. The molecule has 4 nitrogen and oxygen atoms in total. The van der Waals surface area contributed by atoms with Gasteiger partial charge in [0, 0.05) is 29.5 Å². The van der Waals surface area contributed by atoms with Gasteiger partial charge >= 0.3 is 0 Å². The summed E-state index contributed by atoms with van der Waals surface area (Å²) in [4.78, 5) is 14.0. The number of rotatable bonds is 1. The van der Waals surface area contributed by atoms with Crippen LogP contribution in [0.4, 0.5) is 11.4 Å². The molecule has 3 unspecified atom stereocenters. The minimum Gasteiger partial charge on any atom is -0.368 e. The lowest BCUT2D eigenvalue weighted by molar-refractivity contribution is -0.116. The Bertz CT molecular complexity index is 528. The van der Waals surface area contributed by atoms with Crippen LogP contribution in [0, 0.1) is 5.92 Å². The Kier molecular flexibility index (Phi) is 2.01. The largest absolute Gasteiger partial charge is 0.368 e. The molecular weight excluding hydrogens is 226 g/mol. The van der Waals surface area contributed by atoms with Crippen molar-refractivity contribution in [1.82, 2.24) is 0 Å². The van der Waals surface area contributed by atoms with E-state index >= 15 is 0 Å². The number of nitrogens with zero attached hydrogens (tertiary/aromatic N) is 1. The predicted octanol–water partition coefficient (Wildman–Crippen LogP) is 1.63. The third kappa shape index (κ3) is 1.32. The van der Waals surface area contributed by atoms with Gasteiger partial charge in [0.2, 0.25) is 5.91 Å². The highest BCUT2D eigenvalue weighted by Gasteiger charge is 2.38. The molecule has 3 aliphatic rings. The molecule has 0 radical (unpaired) electrons. The average molecular weight is 243 g/mol. The molecule has 2 heterocycles. The Hall–Kier alpha value is -1.55. The third-order valence-corrected chi connectivity index (χ3v) is 4.65. The number of hydrogen-bond acceptors (Lipinski definition) is 3. The van der Waals surface area contributed by atoms with Gasteiger partial charge in [0.1, 0.15) is 6.04 Å². The molecule has 3 N–H and O–H groups in total. The van der Waals surface area contributed by atoms with E-state index in [9.17, 15) is 4.79 Å². The molecule has 1 saturated heterocycles. The van der Waals surface area contributed by atoms with E-state index in [1.807, 2.05) is 6.07 Å². The number of carbonyl (C=O) groups excluding carboxylic acids is 1. The quantitative estimate of drug-likeness (QED) is 0.788. The van der Waals surface area contributed by atoms with Gasteiger partial charge in [-0.1, -0.05) is 6.07 Å². The highest BCUT2D eigenvalue weighted by Crippen LogP contribution is 2.42. The molecule has 2 bridgehead atoms. The van der Waals surface area contributed by atoms with Crippen LogP contribution in [0.3, 0.4) is 0 Å². The summed E-state index contributed by atoms with van der Waals surface area (Å²) in [6.45, 7) is 1.17. The first-order chi connectivity index (χ1) is 8.72. The first kappa shape index (κ1) is 10.4. The molecule has 1 aromatic rings. The second-order valence-electron chi connectivity index (χ2n) is 5.72. The minimum atomic E-state index is -0.496. The van der Waals surface area contributed by atoms with Crippen molar-refractivity contribution in [3.05, 3.63) is 23.8 Å². The highest BCUT2D eigenvalue weighted by atomic mass is 16.2. The van der Waals surface area contributed by atoms with E-state index < -0.39 is 6.04 Å². The van der Waals surface area contributed by atoms with Crippen LogP contribution < -0.4 is 16.0 Å². The summed E-state index contributed by atoms with van der Waals surface area (Å²) >= 11 is 0. The van der Waals surface area contributed by atoms with E-state index in [0.29, 0.717) is 6.04 Å². The van der Waals surface area contributed by atoms with Crippen LogP contribution in [0.1, 0.15) is 30.9 Å². The Morgan fingerprint density at radius 1 is 1.33 bits per heavy atom. The van der Waals surface area contributed by atoms with Crippen molar-refractivity contribution in [2.75, 3.05) is 16.8 Å². The van der Waals surface area contributed by atoms with Gasteiger partial charge in [0.15, 0.2) is 0 Å². The fourth-order valence-electron chi connectivity index (χ4n) is 3.70. The van der Waals surface area contributed by atoms with Gasteiger partial charge in [-0.05, 0) is 37.3 Å². The molecule has 1 saturated carbocycles. The lowest BCUT2D eigenvalue weighted by atomic mass is 10.1. The summed E-state index contributed by atoms with van der Waals surface area (Å²) in [6.07, 6.45) is 4.03.